The highest BCUT2D eigenvalue weighted by Crippen LogP contribution is 2.67. The van der Waals surface area contributed by atoms with Gasteiger partial charge in [0.2, 0.25) is 17.1 Å². The molecule has 0 spiro atoms. The number of rotatable bonds is 3. The van der Waals surface area contributed by atoms with E-state index in [1.54, 1.807) is 31.2 Å². The quantitative estimate of drug-likeness (QED) is 0.862. The molecule has 6 nitrogen and oxygen atoms in total. The van der Waals surface area contributed by atoms with Crippen molar-refractivity contribution in [3.05, 3.63) is 34.9 Å². The Morgan fingerprint density at radius 3 is 2.46 bits per heavy atom. The van der Waals surface area contributed by atoms with Crippen LogP contribution in [-0.4, -0.2) is 11.7 Å². The van der Waals surface area contributed by atoms with Gasteiger partial charge in [-0.15, -0.1) is 0 Å². The second-order valence-corrected chi connectivity index (χ2v) is 7.23. The minimum atomic E-state index is -1.93. The zero-order valence-electron chi connectivity index (χ0n) is 14.4. The summed E-state index contributed by atoms with van der Waals surface area (Å²) < 4.78 is 11.8. The Morgan fingerprint density at radius 2 is 1.92 bits per heavy atom. The first kappa shape index (κ1) is 18.2. The minimum absolute atomic E-state index is 0.381. The van der Waals surface area contributed by atoms with Gasteiger partial charge >= 0.3 is 0 Å². The molecule has 1 N–H and O–H groups in total. The van der Waals surface area contributed by atoms with Crippen molar-refractivity contribution in [3.8, 4) is 18.2 Å². The predicted octanol–water partition coefficient (Wildman–Crippen LogP) is 4.09. The first-order chi connectivity index (χ1) is 12.3. The molecule has 2 saturated heterocycles. The maximum absolute atomic E-state index is 10.1. The molecule has 0 aliphatic carbocycles. The maximum Gasteiger partial charge on any atom is 0.214 e. The lowest BCUT2D eigenvalue weighted by molar-refractivity contribution is -0.273. The molecule has 26 heavy (non-hydrogen) atoms. The number of halogens is 1. The molecule has 2 bridgehead atoms. The van der Waals surface area contributed by atoms with Crippen LogP contribution >= 0.6 is 11.6 Å². The molecule has 4 unspecified atom stereocenters. The average Bonchev–Trinajstić information content (AvgIpc) is 2.78. The van der Waals surface area contributed by atoms with Crippen LogP contribution < -0.4 is 0 Å². The Bertz CT molecular complexity index is 882. The van der Waals surface area contributed by atoms with E-state index in [2.05, 4.69) is 6.07 Å². The van der Waals surface area contributed by atoms with Crippen molar-refractivity contribution < 1.29 is 9.47 Å². The van der Waals surface area contributed by atoms with Crippen LogP contribution in [0.1, 0.15) is 38.4 Å². The summed E-state index contributed by atoms with van der Waals surface area (Å²) in [5.41, 5.74) is -3.15. The number of ether oxygens (including phenoxy) is 2. The van der Waals surface area contributed by atoms with Crippen molar-refractivity contribution in [3.63, 3.8) is 0 Å². The number of fused-ring (bicyclic) bond motifs is 2. The standard InChI is InChI=1S/C19H17ClN4O2/c1-3-5-14-17(2)25-15(12-6-4-7-13(20)8-12)18(9-21,10-22)19(14,11-23)16(24)26-17/h4,6-8,14-15,24H,3,5H2,1-2H3. The lowest BCUT2D eigenvalue weighted by Gasteiger charge is -2.48. The Kier molecular flexibility index (Phi) is 4.20. The van der Waals surface area contributed by atoms with Crippen LogP contribution in [0.4, 0.5) is 0 Å². The van der Waals surface area contributed by atoms with Gasteiger partial charge in [0.05, 0.1) is 24.1 Å². The Labute approximate surface area is 157 Å². The molecule has 2 aliphatic heterocycles. The Morgan fingerprint density at radius 1 is 1.23 bits per heavy atom. The average molecular weight is 369 g/mol. The molecular formula is C19H17ClN4O2. The highest BCUT2D eigenvalue weighted by molar-refractivity contribution is 6.30. The third kappa shape index (κ3) is 2.02. The van der Waals surface area contributed by atoms with E-state index in [1.165, 1.54) is 0 Å². The van der Waals surface area contributed by atoms with Crippen molar-refractivity contribution in [1.29, 1.82) is 21.2 Å². The predicted molar refractivity (Wildman–Crippen MR) is 92.6 cm³/mol. The van der Waals surface area contributed by atoms with Gasteiger partial charge in [-0.1, -0.05) is 37.1 Å². The van der Waals surface area contributed by atoms with Gasteiger partial charge in [0.25, 0.3) is 0 Å². The van der Waals surface area contributed by atoms with E-state index in [1.807, 2.05) is 19.1 Å². The number of benzene rings is 1. The summed E-state index contributed by atoms with van der Waals surface area (Å²) in [6, 6.07) is 12.8. The normalized spacial score (nSPS) is 34.2. The molecule has 2 fully saturated rings. The van der Waals surface area contributed by atoms with Gasteiger partial charge in [-0.05, 0) is 24.1 Å². The largest absolute Gasteiger partial charge is 0.448 e. The number of nitrogens with zero attached hydrogens (tertiary/aromatic N) is 3. The summed E-state index contributed by atoms with van der Waals surface area (Å²) in [5, 5.41) is 39.0. The first-order valence-corrected chi connectivity index (χ1v) is 8.68. The molecule has 2 heterocycles. The molecule has 132 valence electrons. The molecule has 1 aromatic carbocycles. The third-order valence-corrected chi connectivity index (χ3v) is 5.68. The van der Waals surface area contributed by atoms with Crippen LogP contribution in [0.3, 0.4) is 0 Å². The van der Waals surface area contributed by atoms with E-state index < -0.39 is 28.6 Å². The van der Waals surface area contributed by atoms with Gasteiger partial charge in [-0.2, -0.15) is 15.8 Å². The maximum atomic E-state index is 10.1. The second kappa shape index (κ2) is 5.99. The summed E-state index contributed by atoms with van der Waals surface area (Å²) in [6.45, 7) is 3.60. The number of nitrogens with one attached hydrogen (secondary N) is 1. The molecule has 1 aromatic rings. The lowest BCUT2D eigenvalue weighted by atomic mass is 9.53. The summed E-state index contributed by atoms with van der Waals surface area (Å²) in [6.07, 6.45) is 0.106. The van der Waals surface area contributed by atoms with Crippen LogP contribution in [0.25, 0.3) is 0 Å². The number of hydrogen-bond acceptors (Lipinski definition) is 6. The molecule has 7 heteroatoms. The topological polar surface area (TPSA) is 114 Å². The first-order valence-electron chi connectivity index (χ1n) is 8.30. The van der Waals surface area contributed by atoms with Gasteiger partial charge in [-0.3, -0.25) is 5.41 Å². The number of nitriles is 3. The monoisotopic (exact) mass is 368 g/mol. The van der Waals surface area contributed by atoms with Gasteiger partial charge < -0.3 is 9.47 Å². The van der Waals surface area contributed by atoms with Crippen molar-refractivity contribution in [1.82, 2.24) is 0 Å². The fourth-order valence-electron chi connectivity index (χ4n) is 4.29. The van der Waals surface area contributed by atoms with Gasteiger partial charge in [0.15, 0.2) is 5.41 Å². The molecule has 3 rings (SSSR count). The smallest absolute Gasteiger partial charge is 0.214 e. The highest BCUT2D eigenvalue weighted by Gasteiger charge is 2.78. The van der Waals surface area contributed by atoms with E-state index in [9.17, 15) is 15.8 Å². The fourth-order valence-corrected chi connectivity index (χ4v) is 4.48. The second-order valence-electron chi connectivity index (χ2n) is 6.79. The fraction of sp³-hybridized carbons (Fsp3) is 0.474. The van der Waals surface area contributed by atoms with Gasteiger partial charge in [0.1, 0.15) is 6.10 Å². The van der Waals surface area contributed by atoms with E-state index in [-0.39, 0.29) is 5.90 Å². The molecule has 2 aliphatic rings. The lowest BCUT2D eigenvalue weighted by Crippen LogP contribution is -2.58. The zero-order chi connectivity index (χ0) is 19.2. The molecule has 0 aromatic heterocycles. The molecule has 0 amide bonds. The SMILES string of the molecule is CCCC1C2(C)OC(=N)C1(C#N)C(C#N)(C#N)C(c1cccc(Cl)c1)O2. The molecular weight excluding hydrogens is 352 g/mol. The van der Waals surface area contributed by atoms with Crippen LogP contribution in [0.5, 0.6) is 0 Å². The van der Waals surface area contributed by atoms with Crippen LogP contribution in [-0.2, 0) is 9.47 Å². The Hall–Kier alpha value is -2.59. The third-order valence-electron chi connectivity index (χ3n) is 5.44. The van der Waals surface area contributed by atoms with Gasteiger partial charge in [0, 0.05) is 11.9 Å². The van der Waals surface area contributed by atoms with Crippen LogP contribution in [0.2, 0.25) is 5.02 Å². The van der Waals surface area contributed by atoms with Crippen molar-refractivity contribution >= 4 is 17.5 Å². The molecule has 4 atom stereocenters. The molecule has 0 radical (unpaired) electrons. The van der Waals surface area contributed by atoms with E-state index in [0.717, 1.165) is 0 Å². The summed E-state index contributed by atoms with van der Waals surface area (Å²) in [4.78, 5) is 0. The summed E-state index contributed by atoms with van der Waals surface area (Å²) in [7, 11) is 0. The highest BCUT2D eigenvalue weighted by atomic mass is 35.5. The van der Waals surface area contributed by atoms with Crippen molar-refractivity contribution in [2.24, 2.45) is 16.7 Å². The van der Waals surface area contributed by atoms with Crippen LogP contribution in [0, 0.1) is 56.2 Å². The Balaban J connectivity index is 2.32. The van der Waals surface area contributed by atoms with Crippen molar-refractivity contribution in [2.75, 3.05) is 0 Å². The summed E-state index contributed by atoms with van der Waals surface area (Å²) in [5.74, 6) is -2.26. The minimum Gasteiger partial charge on any atom is -0.448 e. The van der Waals surface area contributed by atoms with Crippen LogP contribution in [0.15, 0.2) is 24.3 Å². The van der Waals surface area contributed by atoms with Crippen molar-refractivity contribution in [2.45, 2.75) is 38.6 Å². The summed E-state index contributed by atoms with van der Waals surface area (Å²) >= 11 is 6.08. The molecule has 0 saturated carbocycles. The van der Waals surface area contributed by atoms with E-state index >= 15 is 0 Å². The van der Waals surface area contributed by atoms with E-state index in [0.29, 0.717) is 23.4 Å². The van der Waals surface area contributed by atoms with Gasteiger partial charge in [-0.25, -0.2) is 0 Å². The zero-order valence-corrected chi connectivity index (χ0v) is 15.2. The number of hydrogen-bond donors (Lipinski definition) is 1. The van der Waals surface area contributed by atoms with E-state index in [4.69, 9.17) is 26.5 Å².